The molecule has 0 radical (unpaired) electrons. The summed E-state index contributed by atoms with van der Waals surface area (Å²) >= 11 is 3.59. The quantitative estimate of drug-likeness (QED) is 0.214. The summed E-state index contributed by atoms with van der Waals surface area (Å²) in [7, 11) is 1.59. The Bertz CT molecular complexity index is 1620. The van der Waals surface area contributed by atoms with E-state index in [9.17, 15) is 4.79 Å². The zero-order chi connectivity index (χ0) is 25.2. The minimum absolute atomic E-state index is 0.0407. The largest absolute Gasteiger partial charge is 0.493 e. The number of nitrogens with zero attached hydrogens (tertiary/aromatic N) is 3. The van der Waals surface area contributed by atoms with Gasteiger partial charge in [-0.15, -0.1) is 0 Å². The number of hydrogen-bond donors (Lipinski definition) is 0. The average molecular weight is 546 g/mol. The lowest BCUT2D eigenvalue weighted by Gasteiger charge is -2.16. The van der Waals surface area contributed by atoms with E-state index in [1.807, 2.05) is 55.5 Å². The minimum Gasteiger partial charge on any atom is -0.493 e. The Morgan fingerprint density at radius 1 is 1.11 bits per heavy atom. The molecule has 0 saturated carbocycles. The van der Waals surface area contributed by atoms with Gasteiger partial charge in [-0.3, -0.25) is 4.79 Å². The van der Waals surface area contributed by atoms with Crippen molar-refractivity contribution >= 4 is 44.0 Å². The number of benzene rings is 3. The van der Waals surface area contributed by atoms with Gasteiger partial charge in [0.15, 0.2) is 17.3 Å². The molecule has 0 spiro atoms. The molecular formula is C28H24BrN3O4. The molecule has 2 heterocycles. The van der Waals surface area contributed by atoms with E-state index in [0.717, 1.165) is 16.3 Å². The molecule has 8 heteroatoms. The van der Waals surface area contributed by atoms with E-state index in [-0.39, 0.29) is 11.7 Å². The Morgan fingerprint density at radius 3 is 2.67 bits per heavy atom. The van der Waals surface area contributed by atoms with Crippen LogP contribution in [0.15, 0.2) is 85.5 Å². The fraction of sp³-hybridized carbons (Fsp3) is 0.179. The summed E-state index contributed by atoms with van der Waals surface area (Å²) in [6.45, 7) is 4.06. The molecule has 0 amide bonds. The maximum Gasteiger partial charge on any atom is 0.282 e. The number of furan rings is 1. The molecule has 1 atom stereocenters. The fourth-order valence-corrected chi connectivity index (χ4v) is 4.23. The van der Waals surface area contributed by atoms with Crippen molar-refractivity contribution < 1.29 is 13.9 Å². The molecule has 3 aromatic carbocycles. The van der Waals surface area contributed by atoms with Crippen LogP contribution in [0.1, 0.15) is 25.8 Å². The second kappa shape index (κ2) is 9.99. The first kappa shape index (κ1) is 23.8. The Hall–Kier alpha value is -3.91. The second-order valence-electron chi connectivity index (χ2n) is 8.32. The van der Waals surface area contributed by atoms with Crippen LogP contribution in [0.2, 0.25) is 0 Å². The molecule has 182 valence electrons. The molecule has 5 rings (SSSR count). The van der Waals surface area contributed by atoms with Gasteiger partial charge in [0.25, 0.3) is 5.56 Å². The van der Waals surface area contributed by atoms with Crippen LogP contribution < -0.4 is 15.0 Å². The van der Waals surface area contributed by atoms with E-state index in [1.165, 1.54) is 4.68 Å². The minimum atomic E-state index is -0.299. The molecule has 0 aliphatic heterocycles. The summed E-state index contributed by atoms with van der Waals surface area (Å²) in [5.74, 6) is 1.96. The number of halogens is 1. The number of rotatable bonds is 7. The van der Waals surface area contributed by atoms with E-state index >= 15 is 0 Å². The number of ether oxygens (including phenoxy) is 2. The predicted molar refractivity (Wildman–Crippen MR) is 145 cm³/mol. The van der Waals surface area contributed by atoms with Crippen molar-refractivity contribution in [1.82, 2.24) is 9.66 Å². The van der Waals surface area contributed by atoms with Crippen molar-refractivity contribution in [3.63, 3.8) is 0 Å². The Morgan fingerprint density at radius 2 is 1.89 bits per heavy atom. The highest BCUT2D eigenvalue weighted by Crippen LogP contribution is 2.34. The lowest BCUT2D eigenvalue weighted by Crippen LogP contribution is -2.20. The standard InChI is InChI=1S/C28H24BrN3O4/c1-4-17(2)35-25-15-21(29)19(14-24(25)34-3)16-30-32-27(26-13-18-9-5-8-12-23(18)36-26)31-22-11-7-6-10-20(22)28(32)33/h5-17H,4H2,1-3H3/t17-/m0/s1. The van der Waals surface area contributed by atoms with Gasteiger partial charge in [-0.05, 0) is 65.7 Å². The highest BCUT2D eigenvalue weighted by molar-refractivity contribution is 9.10. The first-order valence-corrected chi connectivity index (χ1v) is 12.4. The normalized spacial score (nSPS) is 12.4. The molecule has 0 aliphatic rings. The maximum atomic E-state index is 13.5. The smallest absolute Gasteiger partial charge is 0.282 e. The molecule has 0 aliphatic carbocycles. The van der Waals surface area contributed by atoms with Gasteiger partial charge in [-0.2, -0.15) is 9.78 Å². The molecule has 0 fully saturated rings. The van der Waals surface area contributed by atoms with Gasteiger partial charge in [0.1, 0.15) is 5.58 Å². The number of fused-ring (bicyclic) bond motifs is 2. The SMILES string of the molecule is CC[C@H](C)Oc1cc(Br)c(C=Nn2c(-c3cc4ccccc4o3)nc3ccccc3c2=O)cc1OC. The molecule has 36 heavy (non-hydrogen) atoms. The highest BCUT2D eigenvalue weighted by atomic mass is 79.9. The van der Waals surface area contributed by atoms with Gasteiger partial charge in [-0.25, -0.2) is 4.98 Å². The Labute approximate surface area is 216 Å². The van der Waals surface area contributed by atoms with Gasteiger partial charge in [0.2, 0.25) is 5.82 Å². The predicted octanol–water partition coefficient (Wildman–Crippen LogP) is 6.64. The third kappa shape index (κ3) is 4.52. The number of para-hydroxylation sites is 2. The molecule has 0 bridgehead atoms. The monoisotopic (exact) mass is 545 g/mol. The third-order valence-corrected chi connectivity index (χ3v) is 6.58. The van der Waals surface area contributed by atoms with Gasteiger partial charge in [-0.1, -0.05) is 37.3 Å². The number of methoxy groups -OCH3 is 1. The highest BCUT2D eigenvalue weighted by Gasteiger charge is 2.17. The van der Waals surface area contributed by atoms with E-state index < -0.39 is 0 Å². The summed E-state index contributed by atoms with van der Waals surface area (Å²) in [5.41, 5.74) is 1.68. The second-order valence-corrected chi connectivity index (χ2v) is 9.18. The first-order chi connectivity index (χ1) is 17.5. The van der Waals surface area contributed by atoms with Crippen LogP contribution in [0.5, 0.6) is 11.5 Å². The van der Waals surface area contributed by atoms with Crippen molar-refractivity contribution in [2.75, 3.05) is 7.11 Å². The lowest BCUT2D eigenvalue weighted by atomic mass is 10.2. The lowest BCUT2D eigenvalue weighted by molar-refractivity contribution is 0.207. The van der Waals surface area contributed by atoms with E-state index in [2.05, 4.69) is 28.0 Å². The summed E-state index contributed by atoms with van der Waals surface area (Å²) in [6.07, 6.45) is 2.50. The van der Waals surface area contributed by atoms with Crippen LogP contribution in [0.3, 0.4) is 0 Å². The molecule has 0 unspecified atom stereocenters. The van der Waals surface area contributed by atoms with Gasteiger partial charge < -0.3 is 13.9 Å². The van der Waals surface area contributed by atoms with Crippen LogP contribution in [0.4, 0.5) is 0 Å². The fourth-order valence-electron chi connectivity index (χ4n) is 3.80. The van der Waals surface area contributed by atoms with Crippen LogP contribution in [-0.2, 0) is 0 Å². The van der Waals surface area contributed by atoms with Crippen molar-refractivity contribution in [1.29, 1.82) is 0 Å². The van der Waals surface area contributed by atoms with Crippen molar-refractivity contribution in [3.8, 4) is 23.1 Å². The van der Waals surface area contributed by atoms with Crippen LogP contribution in [0, 0.1) is 0 Å². The molecule has 0 N–H and O–H groups in total. The molecule has 7 nitrogen and oxygen atoms in total. The molecule has 2 aromatic heterocycles. The molecular weight excluding hydrogens is 522 g/mol. The molecule has 0 saturated heterocycles. The average Bonchev–Trinajstić information content (AvgIpc) is 3.33. The topological polar surface area (TPSA) is 78.9 Å². The van der Waals surface area contributed by atoms with Gasteiger partial charge in [0, 0.05) is 15.4 Å². The number of aromatic nitrogens is 2. The first-order valence-electron chi connectivity index (χ1n) is 11.6. The Kier molecular flexibility index (Phi) is 6.61. The zero-order valence-corrected chi connectivity index (χ0v) is 21.7. The van der Waals surface area contributed by atoms with Crippen molar-refractivity contribution in [2.24, 2.45) is 5.10 Å². The summed E-state index contributed by atoms with van der Waals surface area (Å²) in [4.78, 5) is 18.2. The van der Waals surface area contributed by atoms with Gasteiger partial charge >= 0.3 is 0 Å². The summed E-state index contributed by atoms with van der Waals surface area (Å²) in [6, 6.07) is 20.3. The molecule has 5 aromatic rings. The van der Waals surface area contributed by atoms with Crippen molar-refractivity contribution in [3.05, 3.63) is 87.1 Å². The number of hydrogen-bond acceptors (Lipinski definition) is 6. The zero-order valence-electron chi connectivity index (χ0n) is 20.1. The van der Waals surface area contributed by atoms with Crippen LogP contribution >= 0.6 is 15.9 Å². The van der Waals surface area contributed by atoms with Crippen molar-refractivity contribution in [2.45, 2.75) is 26.4 Å². The van der Waals surface area contributed by atoms with Gasteiger partial charge in [0.05, 0.1) is 30.3 Å². The van der Waals surface area contributed by atoms with E-state index in [0.29, 0.717) is 45.1 Å². The summed E-state index contributed by atoms with van der Waals surface area (Å²) in [5, 5.41) is 5.92. The summed E-state index contributed by atoms with van der Waals surface area (Å²) < 4.78 is 19.6. The van der Waals surface area contributed by atoms with Crippen LogP contribution in [0.25, 0.3) is 33.5 Å². The Balaban J connectivity index is 1.64. The van der Waals surface area contributed by atoms with Crippen LogP contribution in [-0.4, -0.2) is 29.1 Å². The third-order valence-electron chi connectivity index (χ3n) is 5.90. The maximum absolute atomic E-state index is 13.5. The van der Waals surface area contributed by atoms with E-state index in [4.69, 9.17) is 18.9 Å². The van der Waals surface area contributed by atoms with E-state index in [1.54, 1.807) is 31.5 Å².